The van der Waals surface area contributed by atoms with Gasteiger partial charge in [0.1, 0.15) is 5.56 Å². The third-order valence-corrected chi connectivity index (χ3v) is 3.76. The number of nitrogens with one attached hydrogen (secondary N) is 2. The van der Waals surface area contributed by atoms with Crippen LogP contribution in [-0.4, -0.2) is 15.7 Å². The number of carbonyl (C=O) groups is 1. The molecule has 0 fully saturated rings. The van der Waals surface area contributed by atoms with E-state index in [0.29, 0.717) is 21.4 Å². The van der Waals surface area contributed by atoms with E-state index in [1.54, 1.807) is 36.4 Å². The lowest BCUT2D eigenvalue weighted by Gasteiger charge is -2.05. The lowest BCUT2D eigenvalue weighted by Crippen LogP contribution is -2.23. The van der Waals surface area contributed by atoms with Gasteiger partial charge in [-0.15, -0.1) is 0 Å². The first-order chi connectivity index (χ1) is 11.1. The molecule has 3 rings (SSSR count). The van der Waals surface area contributed by atoms with Crippen LogP contribution < -0.4 is 10.9 Å². The molecular weight excluding hydrogens is 337 g/mol. The fraction of sp³-hybridized carbons (Fsp3) is 0. The maximum atomic E-state index is 12.4. The summed E-state index contributed by atoms with van der Waals surface area (Å²) < 4.78 is 1.29. The highest BCUT2D eigenvalue weighted by molar-refractivity contribution is 6.36. The van der Waals surface area contributed by atoms with Crippen molar-refractivity contribution in [2.45, 2.75) is 0 Å². The molecule has 2 N–H and O–H groups in total. The highest BCUT2D eigenvalue weighted by Gasteiger charge is 2.16. The molecule has 0 radical (unpaired) electrons. The standard InChI is InChI=1S/C16H11Cl2N3O2/c17-10-6-7-14(13(18)8-10)20-15(22)12-9-19-21(16(12)23)11-4-2-1-3-5-11/h1-9,19H,(H,20,22). The molecule has 0 saturated heterocycles. The van der Waals surface area contributed by atoms with E-state index < -0.39 is 11.5 Å². The number of rotatable bonds is 3. The number of anilines is 1. The van der Waals surface area contributed by atoms with E-state index in [1.165, 1.54) is 16.9 Å². The molecule has 2 aromatic carbocycles. The molecular formula is C16H11Cl2N3O2. The van der Waals surface area contributed by atoms with Gasteiger partial charge in [-0.25, -0.2) is 4.68 Å². The van der Waals surface area contributed by atoms with Gasteiger partial charge in [-0.05, 0) is 30.3 Å². The van der Waals surface area contributed by atoms with Gasteiger partial charge in [0, 0.05) is 11.2 Å². The summed E-state index contributed by atoms with van der Waals surface area (Å²) >= 11 is 11.8. The van der Waals surface area contributed by atoms with Crippen LogP contribution in [0.1, 0.15) is 10.4 Å². The molecule has 0 saturated carbocycles. The molecule has 116 valence electrons. The summed E-state index contributed by atoms with van der Waals surface area (Å²) in [5.41, 5.74) is 0.563. The van der Waals surface area contributed by atoms with E-state index in [2.05, 4.69) is 10.4 Å². The fourth-order valence-electron chi connectivity index (χ4n) is 2.08. The third-order valence-electron chi connectivity index (χ3n) is 3.21. The fourth-order valence-corrected chi connectivity index (χ4v) is 2.54. The molecule has 0 spiro atoms. The number of amides is 1. The summed E-state index contributed by atoms with van der Waals surface area (Å²) in [6.45, 7) is 0. The predicted octanol–water partition coefficient (Wildman–Crippen LogP) is 3.72. The minimum absolute atomic E-state index is 0.0140. The molecule has 1 heterocycles. The van der Waals surface area contributed by atoms with Crippen molar-refractivity contribution < 1.29 is 4.79 Å². The molecule has 0 bridgehead atoms. The van der Waals surface area contributed by atoms with Crippen molar-refractivity contribution in [2.75, 3.05) is 5.32 Å². The van der Waals surface area contributed by atoms with Crippen molar-refractivity contribution in [1.29, 1.82) is 0 Å². The zero-order valence-corrected chi connectivity index (χ0v) is 13.2. The Labute approximate surface area is 141 Å². The van der Waals surface area contributed by atoms with Crippen LogP contribution in [0.3, 0.4) is 0 Å². The second kappa shape index (κ2) is 6.32. The molecule has 0 aliphatic heterocycles. The van der Waals surface area contributed by atoms with Gasteiger partial charge in [0.2, 0.25) is 0 Å². The Morgan fingerprint density at radius 1 is 1.09 bits per heavy atom. The van der Waals surface area contributed by atoms with Crippen molar-refractivity contribution >= 4 is 34.8 Å². The van der Waals surface area contributed by atoms with Crippen LogP contribution in [0.25, 0.3) is 5.69 Å². The summed E-state index contributed by atoms with van der Waals surface area (Å²) in [7, 11) is 0. The molecule has 23 heavy (non-hydrogen) atoms. The van der Waals surface area contributed by atoms with E-state index in [4.69, 9.17) is 23.2 Å². The molecule has 3 aromatic rings. The first-order valence-electron chi connectivity index (χ1n) is 6.68. The Morgan fingerprint density at radius 3 is 2.52 bits per heavy atom. The van der Waals surface area contributed by atoms with Crippen LogP contribution in [-0.2, 0) is 0 Å². The maximum Gasteiger partial charge on any atom is 0.284 e. The van der Waals surface area contributed by atoms with Gasteiger partial charge >= 0.3 is 0 Å². The number of halogens is 2. The zero-order valence-electron chi connectivity index (χ0n) is 11.7. The Hall–Kier alpha value is -2.50. The molecule has 0 aliphatic rings. The molecule has 0 aliphatic carbocycles. The topological polar surface area (TPSA) is 66.9 Å². The number of H-pyrrole nitrogens is 1. The van der Waals surface area contributed by atoms with Crippen LogP contribution >= 0.6 is 23.2 Å². The van der Waals surface area contributed by atoms with Gasteiger partial charge < -0.3 is 5.32 Å². The van der Waals surface area contributed by atoms with E-state index in [-0.39, 0.29) is 5.56 Å². The van der Waals surface area contributed by atoms with Crippen molar-refractivity contribution in [3.8, 4) is 5.69 Å². The summed E-state index contributed by atoms with van der Waals surface area (Å²) in [5.74, 6) is -0.551. The number of nitrogens with zero attached hydrogens (tertiary/aromatic N) is 1. The van der Waals surface area contributed by atoms with Crippen molar-refractivity contribution in [1.82, 2.24) is 9.78 Å². The van der Waals surface area contributed by atoms with Gasteiger partial charge in [0.05, 0.1) is 16.4 Å². The first-order valence-corrected chi connectivity index (χ1v) is 7.44. The molecule has 5 nitrogen and oxygen atoms in total. The monoisotopic (exact) mass is 347 g/mol. The van der Waals surface area contributed by atoms with Gasteiger partial charge in [-0.3, -0.25) is 14.7 Å². The Balaban J connectivity index is 1.89. The molecule has 0 atom stereocenters. The Morgan fingerprint density at radius 2 is 1.83 bits per heavy atom. The summed E-state index contributed by atoms with van der Waals surface area (Å²) in [5, 5.41) is 6.12. The van der Waals surface area contributed by atoms with Gasteiger partial charge in [0.25, 0.3) is 11.5 Å². The number of para-hydroxylation sites is 1. The zero-order chi connectivity index (χ0) is 16.4. The average molecular weight is 348 g/mol. The normalized spacial score (nSPS) is 10.5. The Kier molecular flexibility index (Phi) is 4.23. The molecule has 7 heteroatoms. The van der Waals surface area contributed by atoms with E-state index in [1.807, 2.05) is 6.07 Å². The summed E-state index contributed by atoms with van der Waals surface area (Å²) in [4.78, 5) is 24.6. The predicted molar refractivity (Wildman–Crippen MR) is 90.8 cm³/mol. The van der Waals surface area contributed by atoms with Crippen LogP contribution in [0.15, 0.2) is 59.5 Å². The van der Waals surface area contributed by atoms with Crippen molar-refractivity contribution in [3.63, 3.8) is 0 Å². The largest absolute Gasteiger partial charge is 0.320 e. The van der Waals surface area contributed by atoms with Gasteiger partial charge in [0.15, 0.2) is 0 Å². The SMILES string of the molecule is O=C(Nc1ccc(Cl)cc1Cl)c1c[nH]n(-c2ccccc2)c1=O. The second-order valence-electron chi connectivity index (χ2n) is 4.74. The van der Waals surface area contributed by atoms with E-state index in [0.717, 1.165) is 0 Å². The highest BCUT2D eigenvalue weighted by Crippen LogP contribution is 2.25. The van der Waals surface area contributed by atoms with Crippen LogP contribution in [0.4, 0.5) is 5.69 Å². The average Bonchev–Trinajstić information content (AvgIpc) is 2.92. The van der Waals surface area contributed by atoms with Gasteiger partial charge in [-0.1, -0.05) is 41.4 Å². The number of hydrogen-bond acceptors (Lipinski definition) is 2. The van der Waals surface area contributed by atoms with E-state index in [9.17, 15) is 9.59 Å². The van der Waals surface area contributed by atoms with Crippen LogP contribution in [0.5, 0.6) is 0 Å². The number of benzene rings is 2. The minimum atomic E-state index is -0.551. The van der Waals surface area contributed by atoms with Crippen LogP contribution in [0.2, 0.25) is 10.0 Å². The van der Waals surface area contributed by atoms with Crippen molar-refractivity contribution in [3.05, 3.63) is 80.7 Å². The summed E-state index contributed by atoms with van der Waals surface area (Å²) in [6, 6.07) is 13.6. The lowest BCUT2D eigenvalue weighted by molar-refractivity contribution is 0.102. The quantitative estimate of drug-likeness (QED) is 0.758. The number of aromatic nitrogens is 2. The molecule has 0 unspecified atom stereocenters. The maximum absolute atomic E-state index is 12.4. The first kappa shape index (κ1) is 15.4. The van der Waals surface area contributed by atoms with Crippen LogP contribution in [0, 0.1) is 0 Å². The molecule has 1 aromatic heterocycles. The highest BCUT2D eigenvalue weighted by atomic mass is 35.5. The smallest absolute Gasteiger partial charge is 0.284 e. The molecule has 1 amide bonds. The minimum Gasteiger partial charge on any atom is -0.320 e. The lowest BCUT2D eigenvalue weighted by atomic mass is 10.2. The number of carbonyl (C=O) groups excluding carboxylic acids is 1. The van der Waals surface area contributed by atoms with Crippen molar-refractivity contribution in [2.24, 2.45) is 0 Å². The number of aromatic amines is 1. The van der Waals surface area contributed by atoms with Gasteiger partial charge in [-0.2, -0.15) is 0 Å². The second-order valence-corrected chi connectivity index (χ2v) is 5.59. The Bertz CT molecular complexity index is 917. The third kappa shape index (κ3) is 3.16. The summed E-state index contributed by atoms with van der Waals surface area (Å²) in [6.07, 6.45) is 1.36. The number of hydrogen-bond donors (Lipinski definition) is 2. The van der Waals surface area contributed by atoms with E-state index >= 15 is 0 Å².